The van der Waals surface area contributed by atoms with E-state index in [1.165, 1.54) is 64.2 Å². The molecule has 0 radical (unpaired) electrons. The molecule has 134 valence electrons. The molecule has 0 saturated carbocycles. The summed E-state index contributed by atoms with van der Waals surface area (Å²) >= 11 is 0. The van der Waals surface area contributed by atoms with Crippen molar-refractivity contribution in [2.45, 2.75) is 96.4 Å². The van der Waals surface area contributed by atoms with Crippen LogP contribution in [-0.4, -0.2) is 38.1 Å². The van der Waals surface area contributed by atoms with E-state index in [0.717, 1.165) is 25.7 Å². The fourth-order valence-electron chi connectivity index (χ4n) is 4.31. The number of hydrogen-bond acceptors (Lipinski definition) is 3. The molecule has 0 amide bonds. The molecule has 3 fully saturated rings. The Balaban J connectivity index is 1.49. The molecule has 3 aliphatic rings. The number of rotatable bonds is 14. The van der Waals surface area contributed by atoms with Crippen LogP contribution in [0.15, 0.2) is 0 Å². The van der Waals surface area contributed by atoms with Crippen LogP contribution in [0.3, 0.4) is 0 Å². The van der Waals surface area contributed by atoms with Gasteiger partial charge in [0, 0.05) is 0 Å². The molecule has 23 heavy (non-hydrogen) atoms. The molecule has 3 saturated heterocycles. The van der Waals surface area contributed by atoms with Crippen LogP contribution in [0.1, 0.15) is 78.1 Å². The van der Waals surface area contributed by atoms with E-state index in [-0.39, 0.29) is 0 Å². The monoisotopic (exact) mass is 324 g/mol. The molecule has 0 bridgehead atoms. The lowest BCUT2D eigenvalue weighted by molar-refractivity contribution is 0.0803. The topological polar surface area (TPSA) is 37.6 Å². The lowest BCUT2D eigenvalue weighted by Crippen LogP contribution is -2.34. The summed E-state index contributed by atoms with van der Waals surface area (Å²) in [5.74, 6) is 0.756. The van der Waals surface area contributed by atoms with Crippen molar-refractivity contribution in [1.82, 2.24) is 0 Å². The van der Waals surface area contributed by atoms with Gasteiger partial charge in [-0.15, -0.1) is 0 Å². The Morgan fingerprint density at radius 1 is 0.783 bits per heavy atom. The Kier molecular flexibility index (Phi) is 6.39. The highest BCUT2D eigenvalue weighted by molar-refractivity contribution is 4.97. The van der Waals surface area contributed by atoms with Gasteiger partial charge in [0.2, 0.25) is 0 Å². The van der Waals surface area contributed by atoms with Gasteiger partial charge in [-0.25, -0.2) is 0 Å². The highest BCUT2D eigenvalue weighted by Gasteiger charge is 2.48. The van der Waals surface area contributed by atoms with Crippen molar-refractivity contribution in [1.29, 1.82) is 0 Å². The fourth-order valence-corrected chi connectivity index (χ4v) is 4.31. The lowest BCUT2D eigenvalue weighted by Gasteiger charge is -2.39. The Bertz CT molecular complexity index is 309. The van der Waals surface area contributed by atoms with Crippen LogP contribution in [-0.2, 0) is 14.2 Å². The van der Waals surface area contributed by atoms with Crippen molar-refractivity contribution in [2.24, 2.45) is 11.3 Å². The van der Waals surface area contributed by atoms with E-state index in [4.69, 9.17) is 14.2 Å². The Labute approximate surface area is 142 Å². The predicted molar refractivity (Wildman–Crippen MR) is 92.7 cm³/mol. The molecule has 3 nitrogen and oxygen atoms in total. The first kappa shape index (κ1) is 17.7. The predicted octanol–water partition coefficient (Wildman–Crippen LogP) is 4.73. The third-order valence-electron chi connectivity index (χ3n) is 6.15. The summed E-state index contributed by atoms with van der Waals surface area (Å²) in [6.45, 7) is 7.70. The van der Waals surface area contributed by atoms with Gasteiger partial charge in [0.15, 0.2) is 0 Å². The molecule has 3 heteroatoms. The summed E-state index contributed by atoms with van der Waals surface area (Å²) in [4.78, 5) is 0. The minimum Gasteiger partial charge on any atom is -0.373 e. The van der Waals surface area contributed by atoms with Crippen molar-refractivity contribution in [3.8, 4) is 0 Å². The van der Waals surface area contributed by atoms with Gasteiger partial charge in [0.05, 0.1) is 38.1 Å². The molecule has 3 heterocycles. The maximum atomic E-state index is 5.61. The van der Waals surface area contributed by atoms with Gasteiger partial charge in [-0.2, -0.15) is 0 Å². The summed E-state index contributed by atoms with van der Waals surface area (Å²) in [5, 5.41) is 0. The van der Waals surface area contributed by atoms with E-state index in [9.17, 15) is 0 Å². The molecule has 0 aromatic heterocycles. The largest absolute Gasteiger partial charge is 0.373 e. The first-order chi connectivity index (χ1) is 11.2. The van der Waals surface area contributed by atoms with Gasteiger partial charge in [-0.05, 0) is 30.6 Å². The smallest absolute Gasteiger partial charge is 0.0815 e. The number of ether oxygens (including phenoxy) is 3. The van der Waals surface area contributed by atoms with Crippen LogP contribution < -0.4 is 0 Å². The molecule has 3 aliphatic heterocycles. The normalized spacial score (nSPS) is 32.3. The first-order valence-corrected chi connectivity index (χ1v) is 10.1. The number of epoxide rings is 3. The molecule has 0 spiro atoms. The van der Waals surface area contributed by atoms with Crippen LogP contribution in [0.4, 0.5) is 0 Å². The van der Waals surface area contributed by atoms with Gasteiger partial charge < -0.3 is 14.2 Å². The summed E-state index contributed by atoms with van der Waals surface area (Å²) in [7, 11) is 0. The van der Waals surface area contributed by atoms with E-state index in [2.05, 4.69) is 13.8 Å². The Morgan fingerprint density at radius 2 is 1.22 bits per heavy atom. The van der Waals surface area contributed by atoms with E-state index >= 15 is 0 Å². The molecule has 0 aromatic rings. The van der Waals surface area contributed by atoms with Gasteiger partial charge in [-0.1, -0.05) is 58.8 Å². The highest BCUT2D eigenvalue weighted by atomic mass is 16.6. The van der Waals surface area contributed by atoms with Gasteiger partial charge in [0.1, 0.15) is 0 Å². The minimum absolute atomic E-state index is 0.382. The first-order valence-electron chi connectivity index (χ1n) is 10.1. The summed E-state index contributed by atoms with van der Waals surface area (Å²) in [6.07, 6.45) is 14.9. The summed E-state index contributed by atoms with van der Waals surface area (Å²) in [6, 6.07) is 0. The van der Waals surface area contributed by atoms with E-state index in [1.54, 1.807) is 0 Å². The second-order valence-electron chi connectivity index (χ2n) is 8.30. The SMILES string of the molecule is CCCCCCCCC(C)C(CC1CO1)(CC1CO1)CC1CO1. The molecule has 0 N–H and O–H groups in total. The summed E-state index contributed by atoms with van der Waals surface area (Å²) < 4.78 is 16.8. The maximum absolute atomic E-state index is 5.61. The zero-order valence-corrected chi connectivity index (χ0v) is 15.2. The molecule has 4 atom stereocenters. The second kappa shape index (κ2) is 8.31. The quantitative estimate of drug-likeness (QED) is 0.342. The van der Waals surface area contributed by atoms with Crippen LogP contribution in [0.2, 0.25) is 0 Å². The van der Waals surface area contributed by atoms with Crippen LogP contribution in [0.25, 0.3) is 0 Å². The molecular weight excluding hydrogens is 288 g/mol. The molecule has 4 unspecified atom stereocenters. The maximum Gasteiger partial charge on any atom is 0.0815 e. The van der Waals surface area contributed by atoms with E-state index in [0.29, 0.717) is 23.7 Å². The van der Waals surface area contributed by atoms with Crippen LogP contribution in [0.5, 0.6) is 0 Å². The molecule has 0 aliphatic carbocycles. The standard InChI is InChI=1S/C20H36O3/c1-3-4-5-6-7-8-9-16(2)20(10-17-13-21-17,11-18-14-22-18)12-19-15-23-19/h16-19H,3-15H2,1-2H3. The van der Waals surface area contributed by atoms with E-state index < -0.39 is 0 Å². The van der Waals surface area contributed by atoms with E-state index in [1.807, 2.05) is 0 Å². The zero-order valence-electron chi connectivity index (χ0n) is 15.2. The zero-order chi connectivity index (χ0) is 16.1. The average molecular weight is 325 g/mol. The minimum atomic E-state index is 0.382. The molecule has 0 aromatic carbocycles. The average Bonchev–Trinajstić information content (AvgIpc) is 3.33. The van der Waals surface area contributed by atoms with Gasteiger partial charge >= 0.3 is 0 Å². The van der Waals surface area contributed by atoms with Crippen molar-refractivity contribution in [2.75, 3.05) is 19.8 Å². The van der Waals surface area contributed by atoms with Crippen LogP contribution in [0, 0.1) is 11.3 Å². The molecular formula is C20H36O3. The Morgan fingerprint density at radius 3 is 1.65 bits per heavy atom. The lowest BCUT2D eigenvalue weighted by atomic mass is 9.65. The van der Waals surface area contributed by atoms with Crippen molar-refractivity contribution >= 4 is 0 Å². The fraction of sp³-hybridized carbons (Fsp3) is 1.00. The van der Waals surface area contributed by atoms with Crippen LogP contribution >= 0.6 is 0 Å². The van der Waals surface area contributed by atoms with Crippen molar-refractivity contribution in [3.63, 3.8) is 0 Å². The Hall–Kier alpha value is -0.120. The third-order valence-corrected chi connectivity index (χ3v) is 6.15. The summed E-state index contributed by atoms with van der Waals surface area (Å²) in [5.41, 5.74) is 0.382. The second-order valence-corrected chi connectivity index (χ2v) is 8.30. The molecule has 3 rings (SSSR count). The highest BCUT2D eigenvalue weighted by Crippen LogP contribution is 2.50. The van der Waals surface area contributed by atoms with Gasteiger partial charge in [0.25, 0.3) is 0 Å². The van der Waals surface area contributed by atoms with Gasteiger partial charge in [-0.3, -0.25) is 0 Å². The third kappa shape index (κ3) is 6.03. The number of hydrogen-bond donors (Lipinski definition) is 0. The van der Waals surface area contributed by atoms with Crippen molar-refractivity contribution in [3.05, 3.63) is 0 Å². The van der Waals surface area contributed by atoms with Crippen molar-refractivity contribution < 1.29 is 14.2 Å². The number of unbranched alkanes of at least 4 members (excludes halogenated alkanes) is 5.